The molecular formula is C22H29N3O5. The van der Waals surface area contributed by atoms with Gasteiger partial charge < -0.3 is 19.5 Å². The average molecular weight is 415 g/mol. The van der Waals surface area contributed by atoms with Gasteiger partial charge in [0.25, 0.3) is 0 Å². The van der Waals surface area contributed by atoms with Crippen LogP contribution in [0.2, 0.25) is 0 Å². The summed E-state index contributed by atoms with van der Waals surface area (Å²) in [6.45, 7) is 6.55. The first kappa shape index (κ1) is 23.3. The van der Waals surface area contributed by atoms with Crippen molar-refractivity contribution in [2.75, 3.05) is 14.2 Å². The highest BCUT2D eigenvalue weighted by Gasteiger charge is 2.12. The van der Waals surface area contributed by atoms with E-state index in [1.54, 1.807) is 19.2 Å². The van der Waals surface area contributed by atoms with E-state index in [-0.39, 0.29) is 6.61 Å². The Labute approximate surface area is 177 Å². The molecule has 0 bridgehead atoms. The van der Waals surface area contributed by atoms with Crippen molar-refractivity contribution in [2.24, 2.45) is 5.92 Å². The summed E-state index contributed by atoms with van der Waals surface area (Å²) in [4.78, 5) is 32.1. The maximum absolute atomic E-state index is 12.0. The van der Waals surface area contributed by atoms with Crippen LogP contribution in [0.3, 0.4) is 0 Å². The van der Waals surface area contributed by atoms with Crippen molar-refractivity contribution in [3.05, 3.63) is 52.5 Å². The molecule has 8 heteroatoms. The van der Waals surface area contributed by atoms with Gasteiger partial charge in [0, 0.05) is 26.1 Å². The van der Waals surface area contributed by atoms with Gasteiger partial charge in [-0.25, -0.2) is 9.78 Å². The highest BCUT2D eigenvalue weighted by Crippen LogP contribution is 2.17. The molecule has 0 aliphatic heterocycles. The molecule has 2 rings (SSSR count). The average Bonchev–Trinajstić information content (AvgIpc) is 2.72. The molecule has 0 atom stereocenters. The van der Waals surface area contributed by atoms with Crippen LogP contribution in [0, 0.1) is 5.92 Å². The number of hydrogen-bond acceptors (Lipinski definition) is 8. The molecule has 0 aromatic carbocycles. The first-order valence-corrected chi connectivity index (χ1v) is 9.77. The van der Waals surface area contributed by atoms with Crippen LogP contribution in [0.1, 0.15) is 53.8 Å². The molecule has 0 aliphatic rings. The standard InChI is InChI=1S/C22H29N3O5/c1-14(2)8-16-6-7-21(28-4)25-20(16)12-23-11-18-9-17(22(27)29-5)10-19(24-18)13-30-15(3)26/h6-7,9-10,14,23H,8,11-13H2,1-5H3. The van der Waals surface area contributed by atoms with Gasteiger partial charge in [0.1, 0.15) is 6.61 Å². The van der Waals surface area contributed by atoms with Crippen molar-refractivity contribution in [2.45, 2.75) is 46.9 Å². The van der Waals surface area contributed by atoms with E-state index in [9.17, 15) is 9.59 Å². The Morgan fingerprint density at radius 2 is 1.80 bits per heavy atom. The Morgan fingerprint density at radius 3 is 2.43 bits per heavy atom. The molecule has 1 N–H and O–H groups in total. The molecule has 8 nitrogen and oxygen atoms in total. The summed E-state index contributed by atoms with van der Waals surface area (Å²) in [5.74, 6) is 0.174. The van der Waals surface area contributed by atoms with Crippen LogP contribution < -0.4 is 10.1 Å². The van der Waals surface area contributed by atoms with E-state index in [4.69, 9.17) is 14.2 Å². The van der Waals surface area contributed by atoms with E-state index in [1.807, 2.05) is 12.1 Å². The topological polar surface area (TPSA) is 99.6 Å². The van der Waals surface area contributed by atoms with Gasteiger partial charge in [-0.05, 0) is 30.0 Å². The summed E-state index contributed by atoms with van der Waals surface area (Å²) in [5.41, 5.74) is 3.53. The molecule has 0 saturated carbocycles. The Balaban J connectivity index is 2.15. The Bertz CT molecular complexity index is 883. The van der Waals surface area contributed by atoms with Gasteiger partial charge in [-0.3, -0.25) is 9.78 Å². The lowest BCUT2D eigenvalue weighted by Crippen LogP contribution is -2.18. The third-order valence-electron chi connectivity index (χ3n) is 4.25. The zero-order valence-electron chi connectivity index (χ0n) is 18.2. The number of carbonyl (C=O) groups excluding carboxylic acids is 2. The van der Waals surface area contributed by atoms with Crippen LogP contribution in [-0.2, 0) is 40.4 Å². The van der Waals surface area contributed by atoms with Gasteiger partial charge in [-0.1, -0.05) is 19.9 Å². The lowest BCUT2D eigenvalue weighted by atomic mass is 10.0. The fourth-order valence-corrected chi connectivity index (χ4v) is 2.94. The maximum Gasteiger partial charge on any atom is 0.337 e. The van der Waals surface area contributed by atoms with Crippen LogP contribution >= 0.6 is 0 Å². The minimum Gasteiger partial charge on any atom is -0.481 e. The second-order valence-corrected chi connectivity index (χ2v) is 7.27. The van der Waals surface area contributed by atoms with E-state index in [2.05, 4.69) is 29.1 Å². The number of methoxy groups -OCH3 is 2. The molecule has 0 spiro atoms. The zero-order valence-corrected chi connectivity index (χ0v) is 18.2. The van der Waals surface area contributed by atoms with Gasteiger partial charge >= 0.3 is 11.9 Å². The molecule has 0 amide bonds. The van der Waals surface area contributed by atoms with Crippen molar-refractivity contribution >= 4 is 11.9 Å². The summed E-state index contributed by atoms with van der Waals surface area (Å²) in [6.07, 6.45) is 0.913. The van der Waals surface area contributed by atoms with Gasteiger partial charge in [-0.2, -0.15) is 0 Å². The van der Waals surface area contributed by atoms with E-state index >= 15 is 0 Å². The summed E-state index contributed by atoms with van der Waals surface area (Å²) < 4.78 is 15.1. The van der Waals surface area contributed by atoms with E-state index in [0.717, 1.165) is 17.7 Å². The number of hydrogen-bond donors (Lipinski definition) is 1. The summed E-state index contributed by atoms with van der Waals surface area (Å²) in [5, 5.41) is 3.32. The van der Waals surface area contributed by atoms with Gasteiger partial charge in [0.05, 0.1) is 36.9 Å². The Hall–Kier alpha value is -3.00. The van der Waals surface area contributed by atoms with Crippen molar-refractivity contribution in [1.82, 2.24) is 15.3 Å². The minimum absolute atomic E-state index is 0.0108. The number of nitrogens with one attached hydrogen (secondary N) is 1. The monoisotopic (exact) mass is 415 g/mol. The fraction of sp³-hybridized carbons (Fsp3) is 0.455. The zero-order chi connectivity index (χ0) is 22.1. The molecule has 2 aromatic rings. The predicted molar refractivity (Wildman–Crippen MR) is 111 cm³/mol. The molecule has 30 heavy (non-hydrogen) atoms. The van der Waals surface area contributed by atoms with Crippen LogP contribution in [0.25, 0.3) is 0 Å². The molecule has 0 aliphatic carbocycles. The second-order valence-electron chi connectivity index (χ2n) is 7.27. The van der Waals surface area contributed by atoms with Gasteiger partial charge in [0.15, 0.2) is 0 Å². The largest absolute Gasteiger partial charge is 0.481 e. The molecule has 0 saturated heterocycles. The first-order valence-electron chi connectivity index (χ1n) is 9.77. The van der Waals surface area contributed by atoms with Crippen LogP contribution in [0.15, 0.2) is 24.3 Å². The number of rotatable bonds is 10. The lowest BCUT2D eigenvalue weighted by Gasteiger charge is -2.13. The maximum atomic E-state index is 12.0. The Kier molecular flexibility index (Phi) is 8.73. The number of aromatic nitrogens is 2. The summed E-state index contributed by atoms with van der Waals surface area (Å²) in [6, 6.07) is 7.12. The number of carbonyl (C=O) groups is 2. The molecule has 162 valence electrons. The van der Waals surface area contributed by atoms with E-state index < -0.39 is 11.9 Å². The smallest absolute Gasteiger partial charge is 0.337 e. The Morgan fingerprint density at radius 1 is 1.07 bits per heavy atom. The van der Waals surface area contributed by atoms with Crippen molar-refractivity contribution in [3.8, 4) is 5.88 Å². The number of esters is 2. The number of nitrogens with zero attached hydrogens (tertiary/aromatic N) is 2. The SMILES string of the molecule is COC(=O)c1cc(CNCc2nc(OC)ccc2CC(C)C)nc(COC(C)=O)c1. The van der Waals surface area contributed by atoms with Crippen LogP contribution in [0.5, 0.6) is 5.88 Å². The van der Waals surface area contributed by atoms with E-state index in [1.165, 1.54) is 14.0 Å². The number of pyridine rings is 2. The molecule has 0 unspecified atom stereocenters. The van der Waals surface area contributed by atoms with Gasteiger partial charge in [0.2, 0.25) is 5.88 Å². The minimum atomic E-state index is -0.476. The third-order valence-corrected chi connectivity index (χ3v) is 4.25. The highest BCUT2D eigenvalue weighted by atomic mass is 16.5. The van der Waals surface area contributed by atoms with Gasteiger partial charge in [-0.15, -0.1) is 0 Å². The predicted octanol–water partition coefficient (Wildman–Crippen LogP) is 2.82. The molecule has 2 heterocycles. The van der Waals surface area contributed by atoms with Crippen LogP contribution in [0.4, 0.5) is 0 Å². The quantitative estimate of drug-likeness (QED) is 0.592. The molecule has 0 radical (unpaired) electrons. The normalized spacial score (nSPS) is 10.7. The second kappa shape index (κ2) is 11.3. The summed E-state index contributed by atoms with van der Waals surface area (Å²) in [7, 11) is 2.91. The molecular weight excluding hydrogens is 386 g/mol. The number of ether oxygens (including phenoxy) is 3. The fourth-order valence-electron chi connectivity index (χ4n) is 2.94. The molecule has 0 fully saturated rings. The van der Waals surface area contributed by atoms with Crippen LogP contribution in [-0.4, -0.2) is 36.1 Å². The summed E-state index contributed by atoms with van der Waals surface area (Å²) >= 11 is 0. The lowest BCUT2D eigenvalue weighted by molar-refractivity contribution is -0.142. The van der Waals surface area contributed by atoms with Crippen molar-refractivity contribution in [3.63, 3.8) is 0 Å². The highest BCUT2D eigenvalue weighted by molar-refractivity contribution is 5.89. The molecule has 2 aromatic heterocycles. The first-order chi connectivity index (χ1) is 14.3. The van der Waals surface area contributed by atoms with Crippen molar-refractivity contribution < 1.29 is 23.8 Å². The third kappa shape index (κ3) is 7.11. The van der Waals surface area contributed by atoms with E-state index in [0.29, 0.717) is 41.8 Å². The van der Waals surface area contributed by atoms with Crippen molar-refractivity contribution in [1.29, 1.82) is 0 Å².